The third kappa shape index (κ3) is 5.29. The van der Waals surface area contributed by atoms with E-state index in [4.69, 9.17) is 14.2 Å². The Kier molecular flexibility index (Phi) is 5.67. The maximum absolute atomic E-state index is 11.7. The second kappa shape index (κ2) is 7.51. The van der Waals surface area contributed by atoms with Gasteiger partial charge in [-0.3, -0.25) is 4.18 Å². The van der Waals surface area contributed by atoms with Crippen LogP contribution in [0.5, 0.6) is 11.5 Å². The Labute approximate surface area is 135 Å². The van der Waals surface area contributed by atoms with E-state index in [2.05, 4.69) is 4.18 Å². The Hall–Kier alpha value is -2.00. The summed E-state index contributed by atoms with van der Waals surface area (Å²) in [6.07, 6.45) is -0.179. The van der Waals surface area contributed by atoms with Crippen molar-refractivity contribution < 1.29 is 31.6 Å². The molecule has 1 heterocycles. The van der Waals surface area contributed by atoms with Crippen molar-refractivity contribution in [3.8, 4) is 11.5 Å². The fraction of sp³-hybridized carbons (Fsp3) is 0.500. The molecular weight excluding hydrogens is 326 g/mol. The van der Waals surface area contributed by atoms with Gasteiger partial charge in [0.1, 0.15) is 19.3 Å². The van der Waals surface area contributed by atoms with Crippen molar-refractivity contribution in [3.05, 3.63) is 24.3 Å². The van der Waals surface area contributed by atoms with Crippen molar-refractivity contribution in [1.29, 1.82) is 0 Å². The Morgan fingerprint density at radius 2 is 2.00 bits per heavy atom. The summed E-state index contributed by atoms with van der Waals surface area (Å²) in [5, 5.41) is 0. The van der Waals surface area contributed by atoms with Crippen molar-refractivity contribution in [2.45, 2.75) is 6.10 Å². The lowest BCUT2D eigenvalue weighted by atomic mass is 10.3. The molecule has 1 aliphatic heterocycles. The fourth-order valence-electron chi connectivity index (χ4n) is 2.05. The van der Waals surface area contributed by atoms with E-state index in [9.17, 15) is 13.2 Å². The van der Waals surface area contributed by atoms with Crippen molar-refractivity contribution in [2.75, 3.05) is 39.7 Å². The zero-order valence-electron chi connectivity index (χ0n) is 12.9. The zero-order chi connectivity index (χ0) is 16.9. The van der Waals surface area contributed by atoms with Crippen LogP contribution in [0.3, 0.4) is 0 Å². The number of carbonyl (C=O) groups is 1. The largest absolute Gasteiger partial charge is 0.493 e. The van der Waals surface area contributed by atoms with Gasteiger partial charge in [-0.15, -0.1) is 0 Å². The van der Waals surface area contributed by atoms with Crippen LogP contribution in [-0.4, -0.2) is 65.2 Å². The number of ether oxygens (including phenoxy) is 3. The highest BCUT2D eigenvalue weighted by molar-refractivity contribution is 7.85. The van der Waals surface area contributed by atoms with Crippen molar-refractivity contribution in [3.63, 3.8) is 0 Å². The van der Waals surface area contributed by atoms with Crippen LogP contribution in [0.4, 0.5) is 4.79 Å². The van der Waals surface area contributed by atoms with Gasteiger partial charge in [0, 0.05) is 0 Å². The van der Waals surface area contributed by atoms with Crippen LogP contribution in [0.25, 0.3) is 0 Å². The molecule has 1 aliphatic rings. The smallest absolute Gasteiger partial charge is 0.410 e. The fourth-order valence-corrected chi connectivity index (χ4v) is 2.45. The lowest BCUT2D eigenvalue weighted by molar-refractivity contribution is 0.104. The number of cyclic esters (lactones) is 1. The average molecular weight is 345 g/mol. The number of rotatable bonds is 8. The van der Waals surface area contributed by atoms with E-state index < -0.39 is 22.3 Å². The second-order valence-corrected chi connectivity index (χ2v) is 6.58. The second-order valence-electron chi connectivity index (χ2n) is 4.94. The number of nitrogens with zero attached hydrogens (tertiary/aromatic N) is 1. The van der Waals surface area contributed by atoms with Crippen LogP contribution in [0.2, 0.25) is 0 Å². The van der Waals surface area contributed by atoms with Gasteiger partial charge >= 0.3 is 6.09 Å². The van der Waals surface area contributed by atoms with Crippen LogP contribution in [-0.2, 0) is 19.0 Å². The number of carbonyl (C=O) groups excluding carboxylic acids is 1. The number of benzene rings is 1. The lowest BCUT2D eigenvalue weighted by Crippen LogP contribution is -2.30. The van der Waals surface area contributed by atoms with Gasteiger partial charge in [0.2, 0.25) is 0 Å². The van der Waals surface area contributed by atoms with Gasteiger partial charge in [0.05, 0.1) is 26.5 Å². The van der Waals surface area contributed by atoms with E-state index in [1.165, 1.54) is 4.90 Å². The maximum Gasteiger partial charge on any atom is 0.410 e. The number of amides is 1. The molecule has 2 rings (SSSR count). The highest BCUT2D eigenvalue weighted by Crippen LogP contribution is 2.25. The summed E-state index contributed by atoms with van der Waals surface area (Å²) in [6, 6.07) is 7.19. The molecule has 9 heteroatoms. The highest BCUT2D eigenvalue weighted by Gasteiger charge is 2.31. The molecule has 0 radical (unpaired) electrons. The van der Waals surface area contributed by atoms with Gasteiger partial charge in [-0.25, -0.2) is 4.79 Å². The predicted molar refractivity (Wildman–Crippen MR) is 81.1 cm³/mol. The van der Waals surface area contributed by atoms with Crippen molar-refractivity contribution >= 4 is 16.2 Å². The maximum atomic E-state index is 11.7. The Morgan fingerprint density at radius 3 is 2.65 bits per heavy atom. The molecule has 0 N–H and O–H groups in total. The van der Waals surface area contributed by atoms with E-state index in [0.29, 0.717) is 18.0 Å². The summed E-state index contributed by atoms with van der Waals surface area (Å²) in [4.78, 5) is 13.1. The van der Waals surface area contributed by atoms with Crippen LogP contribution in [0, 0.1) is 0 Å². The Bertz CT molecular complexity index is 646. The minimum Gasteiger partial charge on any atom is -0.493 e. The van der Waals surface area contributed by atoms with E-state index in [-0.39, 0.29) is 19.8 Å². The standard InChI is InChI=1S/C14H19NO7S/c1-19-12-5-3-4-6-13(12)20-8-7-15-9-11(22-14(15)16)10-21-23(2,17)18/h3-6,11H,7-10H2,1-2H3. The molecule has 1 aromatic carbocycles. The van der Waals surface area contributed by atoms with Gasteiger partial charge in [0.25, 0.3) is 10.1 Å². The van der Waals surface area contributed by atoms with Crippen molar-refractivity contribution in [2.24, 2.45) is 0 Å². The van der Waals surface area contributed by atoms with Crippen LogP contribution >= 0.6 is 0 Å². The molecule has 1 unspecified atom stereocenters. The first-order valence-corrected chi connectivity index (χ1v) is 8.76. The predicted octanol–water partition coefficient (Wildman–Crippen LogP) is 0.871. The molecule has 1 atom stereocenters. The summed E-state index contributed by atoms with van der Waals surface area (Å²) < 4.78 is 42.3. The summed E-state index contributed by atoms with van der Waals surface area (Å²) in [6.45, 7) is 0.638. The first-order valence-electron chi connectivity index (χ1n) is 6.95. The van der Waals surface area contributed by atoms with E-state index in [1.807, 2.05) is 12.1 Å². The molecule has 0 aromatic heterocycles. The molecule has 23 heavy (non-hydrogen) atoms. The first kappa shape index (κ1) is 17.4. The monoisotopic (exact) mass is 345 g/mol. The van der Waals surface area contributed by atoms with E-state index in [1.54, 1.807) is 19.2 Å². The first-order chi connectivity index (χ1) is 10.9. The van der Waals surface area contributed by atoms with E-state index in [0.717, 1.165) is 6.26 Å². The van der Waals surface area contributed by atoms with Gasteiger partial charge in [-0.1, -0.05) is 12.1 Å². The summed E-state index contributed by atoms with van der Waals surface area (Å²) >= 11 is 0. The summed E-state index contributed by atoms with van der Waals surface area (Å²) in [7, 11) is -2.01. The molecule has 1 aromatic rings. The molecular formula is C14H19NO7S. The number of para-hydroxylation sites is 2. The summed E-state index contributed by atoms with van der Waals surface area (Å²) in [5.74, 6) is 1.19. The van der Waals surface area contributed by atoms with E-state index >= 15 is 0 Å². The Morgan fingerprint density at radius 1 is 1.30 bits per heavy atom. The SMILES string of the molecule is COc1ccccc1OCCN1CC(COS(C)(=O)=O)OC1=O. The molecule has 0 spiro atoms. The molecule has 0 saturated carbocycles. The third-order valence-corrected chi connectivity index (χ3v) is 3.67. The number of hydrogen-bond donors (Lipinski definition) is 0. The van der Waals surface area contributed by atoms with Gasteiger partial charge in [-0.05, 0) is 12.1 Å². The van der Waals surface area contributed by atoms with Crippen LogP contribution in [0.1, 0.15) is 0 Å². The van der Waals surface area contributed by atoms with Gasteiger partial charge in [0.15, 0.2) is 11.5 Å². The average Bonchev–Trinajstić information content (AvgIpc) is 2.85. The highest BCUT2D eigenvalue weighted by atomic mass is 32.2. The van der Waals surface area contributed by atoms with Gasteiger partial charge < -0.3 is 19.1 Å². The molecule has 0 bridgehead atoms. The zero-order valence-corrected chi connectivity index (χ0v) is 13.7. The van der Waals surface area contributed by atoms with Gasteiger partial charge in [-0.2, -0.15) is 8.42 Å². The third-order valence-electron chi connectivity index (χ3n) is 3.11. The molecule has 128 valence electrons. The normalized spacial score (nSPS) is 17.9. The van der Waals surface area contributed by atoms with Crippen LogP contribution < -0.4 is 9.47 Å². The van der Waals surface area contributed by atoms with Crippen molar-refractivity contribution in [1.82, 2.24) is 4.90 Å². The van der Waals surface area contributed by atoms with Crippen LogP contribution in [0.15, 0.2) is 24.3 Å². The molecule has 8 nitrogen and oxygen atoms in total. The molecule has 0 aliphatic carbocycles. The number of methoxy groups -OCH3 is 1. The lowest BCUT2D eigenvalue weighted by Gasteiger charge is -2.14. The minimum atomic E-state index is -3.56. The molecule has 1 fully saturated rings. The Balaban J connectivity index is 1.79. The number of hydrogen-bond acceptors (Lipinski definition) is 7. The summed E-state index contributed by atoms with van der Waals surface area (Å²) in [5.41, 5.74) is 0. The topological polar surface area (TPSA) is 91.4 Å². The molecule has 1 saturated heterocycles. The minimum absolute atomic E-state index is 0.186. The quantitative estimate of drug-likeness (QED) is 0.646. The molecule has 1 amide bonds.